The monoisotopic (exact) mass is 355 g/mol. The molecule has 1 aliphatic rings. The summed E-state index contributed by atoms with van der Waals surface area (Å²) in [5, 5.41) is 7.20. The number of aromatic nitrogens is 2. The van der Waals surface area contributed by atoms with Gasteiger partial charge in [0.15, 0.2) is 0 Å². The lowest BCUT2D eigenvalue weighted by Crippen LogP contribution is -2.30. The van der Waals surface area contributed by atoms with Gasteiger partial charge in [-0.3, -0.25) is 19.3 Å². The van der Waals surface area contributed by atoms with Crippen molar-refractivity contribution in [1.29, 1.82) is 0 Å². The third-order valence-electron chi connectivity index (χ3n) is 4.85. The van der Waals surface area contributed by atoms with Gasteiger partial charge >= 0.3 is 0 Å². The minimum Gasteiger partial charge on any atom is -0.322 e. The predicted molar refractivity (Wildman–Crippen MR) is 104 cm³/mol. The Hall–Kier alpha value is -2.18. The van der Waals surface area contributed by atoms with Crippen molar-refractivity contribution in [1.82, 2.24) is 19.6 Å². The number of likely N-dealkylation sites (N-methyl/N-ethyl adjacent to an activating group) is 1. The van der Waals surface area contributed by atoms with Crippen LogP contribution < -0.4 is 5.32 Å². The van der Waals surface area contributed by atoms with Crippen LogP contribution in [0.3, 0.4) is 0 Å². The highest BCUT2D eigenvalue weighted by Gasteiger charge is 2.15. The number of anilines is 1. The lowest BCUT2D eigenvalue weighted by Gasteiger charge is -2.21. The molecule has 6 nitrogen and oxygen atoms in total. The molecule has 3 rings (SSSR count). The fraction of sp³-hybridized carbons (Fsp3) is 0.500. The van der Waals surface area contributed by atoms with Gasteiger partial charge in [0.05, 0.1) is 17.9 Å². The lowest BCUT2D eigenvalue weighted by atomic mass is 10.1. The molecule has 0 spiro atoms. The molecule has 26 heavy (non-hydrogen) atoms. The highest BCUT2D eigenvalue weighted by atomic mass is 16.2. The molecule has 0 atom stereocenters. The molecule has 0 bridgehead atoms. The van der Waals surface area contributed by atoms with Crippen molar-refractivity contribution in [2.75, 3.05) is 32.0 Å². The van der Waals surface area contributed by atoms with E-state index in [4.69, 9.17) is 0 Å². The van der Waals surface area contributed by atoms with E-state index < -0.39 is 0 Å². The smallest absolute Gasteiger partial charge is 0.238 e. The van der Waals surface area contributed by atoms with Gasteiger partial charge in [0.2, 0.25) is 5.91 Å². The standard InChI is InChI=1S/C20H29N5O/c1-16-19(14-24(3)22-16)21-20(26)15-23(2)12-17-8-4-5-9-18(17)13-25-10-6-7-11-25/h4-5,8-9,14H,6-7,10-13,15H2,1-3H3,(H,21,26). The second-order valence-electron chi connectivity index (χ2n) is 7.27. The summed E-state index contributed by atoms with van der Waals surface area (Å²) in [6.07, 6.45) is 4.44. The highest BCUT2D eigenvalue weighted by molar-refractivity contribution is 5.92. The summed E-state index contributed by atoms with van der Waals surface area (Å²) >= 11 is 0. The lowest BCUT2D eigenvalue weighted by molar-refractivity contribution is -0.117. The van der Waals surface area contributed by atoms with Gasteiger partial charge in [-0.1, -0.05) is 24.3 Å². The summed E-state index contributed by atoms with van der Waals surface area (Å²) < 4.78 is 1.71. The maximum Gasteiger partial charge on any atom is 0.238 e. The van der Waals surface area contributed by atoms with E-state index in [2.05, 4.69) is 44.5 Å². The summed E-state index contributed by atoms with van der Waals surface area (Å²) in [6, 6.07) is 8.56. The number of rotatable bonds is 7. The van der Waals surface area contributed by atoms with E-state index in [-0.39, 0.29) is 5.91 Å². The van der Waals surface area contributed by atoms with Gasteiger partial charge in [-0.2, -0.15) is 5.10 Å². The number of carbonyl (C=O) groups excluding carboxylic acids is 1. The molecule has 0 unspecified atom stereocenters. The number of hydrogen-bond acceptors (Lipinski definition) is 4. The molecule has 0 radical (unpaired) electrons. The number of aryl methyl sites for hydroxylation is 2. The summed E-state index contributed by atoms with van der Waals surface area (Å²) in [5.41, 5.74) is 4.27. The number of nitrogens with zero attached hydrogens (tertiary/aromatic N) is 4. The largest absolute Gasteiger partial charge is 0.322 e. The summed E-state index contributed by atoms with van der Waals surface area (Å²) in [4.78, 5) is 16.9. The Kier molecular flexibility index (Phi) is 6.06. The van der Waals surface area contributed by atoms with E-state index in [1.54, 1.807) is 4.68 Å². The van der Waals surface area contributed by atoms with Gasteiger partial charge in [0, 0.05) is 26.3 Å². The first-order valence-corrected chi connectivity index (χ1v) is 9.29. The van der Waals surface area contributed by atoms with Crippen molar-refractivity contribution >= 4 is 11.6 Å². The quantitative estimate of drug-likeness (QED) is 0.829. The van der Waals surface area contributed by atoms with Crippen molar-refractivity contribution in [3.63, 3.8) is 0 Å². The maximum absolute atomic E-state index is 12.3. The van der Waals surface area contributed by atoms with Gasteiger partial charge in [-0.05, 0) is 51.0 Å². The molecule has 140 valence electrons. The molecule has 1 fully saturated rings. The normalized spacial score (nSPS) is 14.9. The van der Waals surface area contributed by atoms with Gasteiger partial charge in [-0.25, -0.2) is 0 Å². The third-order valence-corrected chi connectivity index (χ3v) is 4.85. The van der Waals surface area contributed by atoms with E-state index >= 15 is 0 Å². The molecule has 1 aliphatic heterocycles. The van der Waals surface area contributed by atoms with Crippen LogP contribution in [0.5, 0.6) is 0 Å². The molecule has 1 aromatic carbocycles. The first kappa shape index (κ1) is 18.6. The van der Waals surface area contributed by atoms with Crippen LogP contribution in [-0.2, 0) is 24.9 Å². The van der Waals surface area contributed by atoms with E-state index in [9.17, 15) is 4.79 Å². The number of likely N-dealkylation sites (tertiary alicyclic amines) is 1. The van der Waals surface area contributed by atoms with Crippen LogP contribution in [0.1, 0.15) is 29.7 Å². The Morgan fingerprint density at radius 3 is 2.58 bits per heavy atom. The Labute approximate surface area is 155 Å². The third kappa shape index (κ3) is 4.93. The minimum atomic E-state index is -0.0133. The molecule has 2 aromatic rings. The Morgan fingerprint density at radius 1 is 1.23 bits per heavy atom. The molecule has 1 aromatic heterocycles. The number of nitrogens with one attached hydrogen (secondary N) is 1. The molecule has 0 aliphatic carbocycles. The fourth-order valence-electron chi connectivity index (χ4n) is 3.55. The summed E-state index contributed by atoms with van der Waals surface area (Å²) in [5.74, 6) is -0.0133. The van der Waals surface area contributed by atoms with Gasteiger partial charge < -0.3 is 5.32 Å². The molecule has 1 saturated heterocycles. The molecular formula is C20H29N5O. The van der Waals surface area contributed by atoms with Gasteiger partial charge in [0.25, 0.3) is 0 Å². The van der Waals surface area contributed by atoms with E-state index in [0.717, 1.165) is 24.5 Å². The Morgan fingerprint density at radius 2 is 1.92 bits per heavy atom. The Balaban J connectivity index is 1.56. The average Bonchev–Trinajstić information content (AvgIpc) is 3.19. The maximum atomic E-state index is 12.3. The highest BCUT2D eigenvalue weighted by Crippen LogP contribution is 2.17. The van der Waals surface area contributed by atoms with Crippen LogP contribution in [0.15, 0.2) is 30.5 Å². The van der Waals surface area contributed by atoms with Crippen LogP contribution in [0.2, 0.25) is 0 Å². The van der Waals surface area contributed by atoms with Crippen molar-refractivity contribution in [3.8, 4) is 0 Å². The first-order chi connectivity index (χ1) is 12.5. The van der Waals surface area contributed by atoms with E-state index in [0.29, 0.717) is 6.54 Å². The number of amides is 1. The number of hydrogen-bond donors (Lipinski definition) is 1. The average molecular weight is 355 g/mol. The van der Waals surface area contributed by atoms with E-state index in [1.807, 2.05) is 27.2 Å². The second-order valence-corrected chi connectivity index (χ2v) is 7.27. The van der Waals surface area contributed by atoms with E-state index in [1.165, 1.54) is 37.1 Å². The van der Waals surface area contributed by atoms with Crippen LogP contribution in [-0.4, -0.2) is 52.2 Å². The first-order valence-electron chi connectivity index (χ1n) is 9.29. The SMILES string of the molecule is Cc1nn(C)cc1NC(=O)CN(C)Cc1ccccc1CN1CCCC1. The minimum absolute atomic E-state index is 0.0133. The fourth-order valence-corrected chi connectivity index (χ4v) is 3.55. The Bertz CT molecular complexity index is 748. The van der Waals surface area contributed by atoms with Gasteiger partial charge in [-0.15, -0.1) is 0 Å². The van der Waals surface area contributed by atoms with Crippen LogP contribution in [0, 0.1) is 6.92 Å². The zero-order valence-electron chi connectivity index (χ0n) is 16.0. The number of benzene rings is 1. The summed E-state index contributed by atoms with van der Waals surface area (Å²) in [6.45, 7) is 6.41. The van der Waals surface area contributed by atoms with Crippen molar-refractivity contribution in [2.24, 2.45) is 7.05 Å². The van der Waals surface area contributed by atoms with Crippen molar-refractivity contribution in [3.05, 3.63) is 47.3 Å². The van der Waals surface area contributed by atoms with Crippen molar-refractivity contribution in [2.45, 2.75) is 32.9 Å². The summed E-state index contributed by atoms with van der Waals surface area (Å²) in [7, 11) is 3.84. The molecule has 2 heterocycles. The van der Waals surface area contributed by atoms with Crippen LogP contribution >= 0.6 is 0 Å². The molecule has 6 heteroatoms. The second kappa shape index (κ2) is 8.47. The predicted octanol–water partition coefficient (Wildman–Crippen LogP) is 2.39. The van der Waals surface area contributed by atoms with Crippen molar-refractivity contribution < 1.29 is 4.79 Å². The molecular weight excluding hydrogens is 326 g/mol. The van der Waals surface area contributed by atoms with Crippen LogP contribution in [0.4, 0.5) is 5.69 Å². The molecule has 0 saturated carbocycles. The molecule has 1 N–H and O–H groups in total. The van der Waals surface area contributed by atoms with Gasteiger partial charge in [0.1, 0.15) is 0 Å². The topological polar surface area (TPSA) is 53.4 Å². The molecule has 1 amide bonds. The van der Waals surface area contributed by atoms with Crippen LogP contribution in [0.25, 0.3) is 0 Å². The zero-order valence-corrected chi connectivity index (χ0v) is 16.0. The zero-order chi connectivity index (χ0) is 18.5. The number of carbonyl (C=O) groups is 1.